The second-order valence-electron chi connectivity index (χ2n) is 4.04. The number of aliphatic imine (C=N–C) groups is 1. The molecule has 0 aliphatic heterocycles. The number of nitriles is 1. The molecule has 2 N–H and O–H groups in total. The minimum absolute atomic E-state index is 0.00400. The van der Waals surface area contributed by atoms with Crippen molar-refractivity contribution in [3.63, 3.8) is 0 Å². The number of sulfone groups is 1. The van der Waals surface area contributed by atoms with E-state index in [-0.39, 0.29) is 22.8 Å². The van der Waals surface area contributed by atoms with Crippen LogP contribution in [0.1, 0.15) is 25.0 Å². The van der Waals surface area contributed by atoms with E-state index in [2.05, 4.69) is 4.99 Å². The zero-order chi connectivity index (χ0) is 15.2. The summed E-state index contributed by atoms with van der Waals surface area (Å²) in [6, 6.07) is 6.41. The van der Waals surface area contributed by atoms with Crippen molar-refractivity contribution in [2.45, 2.75) is 31.6 Å². The van der Waals surface area contributed by atoms with Crippen LogP contribution in [0.15, 0.2) is 28.1 Å². The largest absolute Gasteiger partial charge is 0.390 e. The summed E-state index contributed by atoms with van der Waals surface area (Å²) in [7, 11) is -3.32. The highest BCUT2D eigenvalue weighted by molar-refractivity contribution is 7.91. The van der Waals surface area contributed by atoms with Gasteiger partial charge in [0.15, 0.2) is 9.84 Å². The molecule has 0 amide bonds. The maximum atomic E-state index is 11.8. The monoisotopic (exact) mass is 295 g/mol. The van der Waals surface area contributed by atoms with Crippen molar-refractivity contribution in [1.29, 1.82) is 5.26 Å². The standard InChI is InChI=1S/C13H17N3O3S/c1-3-20(17,18)13-5-4-11(12(6-13)7-14)8-19-10(2)16-9-15/h4-6,9-10H,3,8H2,1-2H3,(H2,15,16). The molecule has 108 valence electrons. The molecule has 20 heavy (non-hydrogen) atoms. The molecule has 0 aliphatic carbocycles. The second-order valence-corrected chi connectivity index (χ2v) is 6.32. The normalized spacial score (nSPS) is 13.2. The number of hydrogen-bond donors (Lipinski definition) is 1. The zero-order valence-corrected chi connectivity index (χ0v) is 12.2. The Morgan fingerprint density at radius 3 is 2.80 bits per heavy atom. The number of ether oxygens (including phenoxy) is 1. The first-order chi connectivity index (χ1) is 9.44. The van der Waals surface area contributed by atoms with Gasteiger partial charge in [-0.15, -0.1) is 0 Å². The van der Waals surface area contributed by atoms with Gasteiger partial charge in [0.1, 0.15) is 6.23 Å². The predicted molar refractivity (Wildman–Crippen MR) is 75.8 cm³/mol. The summed E-state index contributed by atoms with van der Waals surface area (Å²) in [5.41, 5.74) is 6.04. The number of nitrogens with zero attached hydrogens (tertiary/aromatic N) is 2. The number of hydrogen-bond acceptors (Lipinski definition) is 5. The van der Waals surface area contributed by atoms with E-state index in [1.54, 1.807) is 19.9 Å². The van der Waals surface area contributed by atoms with E-state index in [1.807, 2.05) is 6.07 Å². The van der Waals surface area contributed by atoms with Crippen molar-refractivity contribution in [3.05, 3.63) is 29.3 Å². The SMILES string of the molecule is CCS(=O)(=O)c1ccc(COC(C)N=CN)c(C#N)c1. The lowest BCUT2D eigenvalue weighted by molar-refractivity contribution is 0.0595. The van der Waals surface area contributed by atoms with Gasteiger partial charge in [-0.3, -0.25) is 0 Å². The molecular weight excluding hydrogens is 278 g/mol. The van der Waals surface area contributed by atoms with Gasteiger partial charge in [0.2, 0.25) is 0 Å². The quantitative estimate of drug-likeness (QED) is 0.627. The third-order valence-corrected chi connectivity index (χ3v) is 4.45. The van der Waals surface area contributed by atoms with Gasteiger partial charge >= 0.3 is 0 Å². The molecule has 6 nitrogen and oxygen atoms in total. The molecule has 0 fully saturated rings. The molecule has 1 atom stereocenters. The average Bonchev–Trinajstić information content (AvgIpc) is 2.45. The Hall–Kier alpha value is -1.91. The molecule has 1 unspecified atom stereocenters. The van der Waals surface area contributed by atoms with Gasteiger partial charge in [-0.05, 0) is 24.6 Å². The maximum absolute atomic E-state index is 11.8. The first-order valence-corrected chi connectivity index (χ1v) is 7.70. The van der Waals surface area contributed by atoms with E-state index in [0.29, 0.717) is 5.56 Å². The smallest absolute Gasteiger partial charge is 0.178 e. The maximum Gasteiger partial charge on any atom is 0.178 e. The van der Waals surface area contributed by atoms with E-state index < -0.39 is 16.1 Å². The van der Waals surface area contributed by atoms with E-state index in [4.69, 9.17) is 15.7 Å². The molecule has 0 bridgehead atoms. The average molecular weight is 295 g/mol. The Labute approximate surface area is 118 Å². The Morgan fingerprint density at radius 1 is 1.55 bits per heavy atom. The van der Waals surface area contributed by atoms with E-state index >= 15 is 0 Å². The fraction of sp³-hybridized carbons (Fsp3) is 0.385. The molecule has 1 aromatic rings. The van der Waals surface area contributed by atoms with E-state index in [0.717, 1.165) is 6.34 Å². The topological polar surface area (TPSA) is 106 Å². The summed E-state index contributed by atoms with van der Waals surface area (Å²) in [5, 5.41) is 9.10. The van der Waals surface area contributed by atoms with Crippen molar-refractivity contribution >= 4 is 16.2 Å². The van der Waals surface area contributed by atoms with E-state index in [1.165, 1.54) is 12.1 Å². The summed E-state index contributed by atoms with van der Waals surface area (Å²) in [6.45, 7) is 3.43. The number of benzene rings is 1. The third kappa shape index (κ3) is 4.05. The van der Waals surface area contributed by atoms with Gasteiger partial charge in [-0.2, -0.15) is 5.26 Å². The van der Waals surface area contributed by atoms with Crippen LogP contribution in [-0.4, -0.2) is 26.7 Å². The van der Waals surface area contributed by atoms with Crippen LogP contribution >= 0.6 is 0 Å². The molecule has 0 heterocycles. The first kappa shape index (κ1) is 16.1. The minimum Gasteiger partial charge on any atom is -0.390 e. The van der Waals surface area contributed by atoms with Crippen LogP contribution in [0.2, 0.25) is 0 Å². The van der Waals surface area contributed by atoms with Crippen LogP contribution in [-0.2, 0) is 21.2 Å². The lowest BCUT2D eigenvalue weighted by Crippen LogP contribution is -2.09. The predicted octanol–water partition coefficient (Wildman–Crippen LogP) is 1.20. The van der Waals surface area contributed by atoms with Crippen LogP contribution in [0.3, 0.4) is 0 Å². The lowest BCUT2D eigenvalue weighted by Gasteiger charge is -2.10. The fourth-order valence-electron chi connectivity index (χ4n) is 1.52. The second kappa shape index (κ2) is 7.03. The lowest BCUT2D eigenvalue weighted by atomic mass is 10.1. The van der Waals surface area contributed by atoms with Crippen molar-refractivity contribution in [1.82, 2.24) is 0 Å². The molecule has 1 aromatic carbocycles. The van der Waals surface area contributed by atoms with Crippen LogP contribution < -0.4 is 5.73 Å². The van der Waals surface area contributed by atoms with Gasteiger partial charge in [0, 0.05) is 0 Å². The Kier molecular flexibility index (Phi) is 5.67. The van der Waals surface area contributed by atoms with E-state index in [9.17, 15) is 8.42 Å². The number of rotatable bonds is 6. The highest BCUT2D eigenvalue weighted by Crippen LogP contribution is 2.18. The van der Waals surface area contributed by atoms with Crippen molar-refractivity contribution in [2.24, 2.45) is 10.7 Å². The van der Waals surface area contributed by atoms with Crippen LogP contribution in [0.25, 0.3) is 0 Å². The highest BCUT2D eigenvalue weighted by Gasteiger charge is 2.14. The molecule has 1 rings (SSSR count). The molecule has 0 aliphatic rings. The van der Waals surface area contributed by atoms with Gasteiger partial charge < -0.3 is 10.5 Å². The molecule has 7 heteroatoms. The molecular formula is C13H17N3O3S. The zero-order valence-electron chi connectivity index (χ0n) is 11.4. The molecule has 0 radical (unpaired) electrons. The molecule has 0 spiro atoms. The van der Waals surface area contributed by atoms with Crippen LogP contribution in [0.4, 0.5) is 0 Å². The summed E-state index contributed by atoms with van der Waals surface area (Å²) in [5.74, 6) is -0.00400. The molecule has 0 aromatic heterocycles. The number of nitrogens with two attached hydrogens (primary N) is 1. The Morgan fingerprint density at radius 2 is 2.25 bits per heavy atom. The Bertz CT molecular complexity index is 633. The summed E-state index contributed by atoms with van der Waals surface area (Å²) >= 11 is 0. The van der Waals surface area contributed by atoms with Crippen molar-refractivity contribution in [3.8, 4) is 6.07 Å². The van der Waals surface area contributed by atoms with Crippen LogP contribution in [0.5, 0.6) is 0 Å². The van der Waals surface area contributed by atoms with Gasteiger partial charge in [0.05, 0.1) is 35.2 Å². The van der Waals surface area contributed by atoms with Gasteiger partial charge in [0.25, 0.3) is 0 Å². The fourth-order valence-corrected chi connectivity index (χ4v) is 2.43. The van der Waals surface area contributed by atoms with Crippen molar-refractivity contribution < 1.29 is 13.2 Å². The first-order valence-electron chi connectivity index (χ1n) is 6.05. The summed E-state index contributed by atoms with van der Waals surface area (Å²) in [4.78, 5) is 3.96. The van der Waals surface area contributed by atoms with Crippen molar-refractivity contribution in [2.75, 3.05) is 5.75 Å². The third-order valence-electron chi connectivity index (χ3n) is 2.72. The Balaban J connectivity index is 2.98. The highest BCUT2D eigenvalue weighted by atomic mass is 32.2. The van der Waals surface area contributed by atoms with Gasteiger partial charge in [-0.25, -0.2) is 13.4 Å². The molecule has 0 saturated carbocycles. The summed E-state index contributed by atoms with van der Waals surface area (Å²) < 4.78 is 28.9. The summed E-state index contributed by atoms with van der Waals surface area (Å²) in [6.07, 6.45) is 0.720. The van der Waals surface area contributed by atoms with Crippen LogP contribution in [0, 0.1) is 11.3 Å². The molecule has 0 saturated heterocycles. The van der Waals surface area contributed by atoms with Gasteiger partial charge in [-0.1, -0.05) is 13.0 Å². The minimum atomic E-state index is -3.32.